The highest BCUT2D eigenvalue weighted by atomic mass is 16.3. The fourth-order valence-electron chi connectivity index (χ4n) is 1.59. The summed E-state index contributed by atoms with van der Waals surface area (Å²) in [5.74, 6) is 1.60. The summed E-state index contributed by atoms with van der Waals surface area (Å²) in [6.45, 7) is 2.79. The molecule has 0 aliphatic heterocycles. The number of hydrogen-bond donors (Lipinski definition) is 2. The van der Waals surface area contributed by atoms with Crippen LogP contribution in [0, 0.1) is 6.92 Å². The second kappa shape index (κ2) is 5.91. The topological polar surface area (TPSA) is 54.3 Å². The monoisotopic (exact) mass is 244 g/mol. The Hall–Kier alpha value is -2.23. The Morgan fingerprint density at radius 3 is 2.44 bits per heavy atom. The van der Waals surface area contributed by atoms with Gasteiger partial charge in [0.2, 0.25) is 0 Å². The van der Waals surface area contributed by atoms with Crippen molar-refractivity contribution in [3.63, 3.8) is 0 Å². The number of benzene rings is 1. The number of aryl methyl sites for hydroxylation is 1. The van der Waals surface area contributed by atoms with Gasteiger partial charge in [0.25, 0.3) is 0 Å². The van der Waals surface area contributed by atoms with Crippen molar-refractivity contribution in [1.29, 1.82) is 0 Å². The van der Waals surface area contributed by atoms with Crippen LogP contribution in [-0.4, -0.2) is 6.03 Å². The van der Waals surface area contributed by atoms with Crippen molar-refractivity contribution in [2.45, 2.75) is 20.0 Å². The summed E-state index contributed by atoms with van der Waals surface area (Å²) < 4.78 is 5.35. The fraction of sp³-hybridized carbons (Fsp3) is 0.214. The van der Waals surface area contributed by atoms with E-state index in [4.69, 9.17) is 4.42 Å². The molecule has 4 nitrogen and oxygen atoms in total. The van der Waals surface area contributed by atoms with Crippen molar-refractivity contribution in [1.82, 2.24) is 10.6 Å². The molecule has 0 radical (unpaired) electrons. The summed E-state index contributed by atoms with van der Waals surface area (Å²) in [6, 6.07) is 13.3. The van der Waals surface area contributed by atoms with Crippen molar-refractivity contribution in [3.05, 3.63) is 59.5 Å². The van der Waals surface area contributed by atoms with Crippen molar-refractivity contribution >= 4 is 6.03 Å². The van der Waals surface area contributed by atoms with E-state index in [0.717, 1.165) is 17.1 Å². The number of furan rings is 1. The summed E-state index contributed by atoms with van der Waals surface area (Å²) in [5.41, 5.74) is 1.07. The van der Waals surface area contributed by atoms with Crippen LogP contribution >= 0.6 is 0 Å². The molecule has 0 bridgehead atoms. The van der Waals surface area contributed by atoms with Gasteiger partial charge in [-0.3, -0.25) is 0 Å². The standard InChI is InChI=1S/C14H16N2O2/c1-11-7-8-13(18-11)10-16-14(17)15-9-12-5-3-2-4-6-12/h2-8H,9-10H2,1H3,(H2,15,16,17). The maximum atomic E-state index is 11.5. The van der Waals surface area contributed by atoms with Crippen LogP contribution in [0.25, 0.3) is 0 Å². The largest absolute Gasteiger partial charge is 0.465 e. The second-order valence-electron chi connectivity index (χ2n) is 4.03. The van der Waals surface area contributed by atoms with E-state index in [1.54, 1.807) is 0 Å². The normalized spacial score (nSPS) is 10.1. The maximum absolute atomic E-state index is 11.5. The highest BCUT2D eigenvalue weighted by Crippen LogP contribution is 2.05. The molecule has 94 valence electrons. The Morgan fingerprint density at radius 1 is 1.06 bits per heavy atom. The molecule has 0 saturated carbocycles. The average Bonchev–Trinajstić information content (AvgIpc) is 2.81. The van der Waals surface area contributed by atoms with E-state index in [-0.39, 0.29) is 6.03 Å². The Morgan fingerprint density at radius 2 is 1.78 bits per heavy atom. The highest BCUT2D eigenvalue weighted by molar-refractivity contribution is 5.73. The molecule has 1 heterocycles. The minimum Gasteiger partial charge on any atom is -0.465 e. The Bertz CT molecular complexity index is 506. The van der Waals surface area contributed by atoms with Crippen molar-refractivity contribution in [2.75, 3.05) is 0 Å². The van der Waals surface area contributed by atoms with Gasteiger partial charge in [-0.1, -0.05) is 30.3 Å². The summed E-state index contributed by atoms with van der Waals surface area (Å²) in [5, 5.41) is 5.52. The summed E-state index contributed by atoms with van der Waals surface area (Å²) in [6.07, 6.45) is 0. The number of nitrogens with one attached hydrogen (secondary N) is 2. The van der Waals surface area contributed by atoms with E-state index >= 15 is 0 Å². The van der Waals surface area contributed by atoms with Gasteiger partial charge in [-0.05, 0) is 24.6 Å². The van der Waals surface area contributed by atoms with Gasteiger partial charge in [0.15, 0.2) is 0 Å². The van der Waals surface area contributed by atoms with E-state index in [2.05, 4.69) is 10.6 Å². The van der Waals surface area contributed by atoms with Crippen LogP contribution in [0.2, 0.25) is 0 Å². The third-order valence-corrected chi connectivity index (χ3v) is 2.52. The van der Waals surface area contributed by atoms with Gasteiger partial charge < -0.3 is 15.1 Å². The smallest absolute Gasteiger partial charge is 0.315 e. The Labute approximate surface area is 106 Å². The molecule has 2 amide bonds. The SMILES string of the molecule is Cc1ccc(CNC(=O)NCc2ccccc2)o1. The molecule has 0 aliphatic rings. The van der Waals surface area contributed by atoms with Gasteiger partial charge in [0.1, 0.15) is 11.5 Å². The van der Waals surface area contributed by atoms with Gasteiger partial charge in [-0.25, -0.2) is 4.79 Å². The number of hydrogen-bond acceptors (Lipinski definition) is 2. The summed E-state index contributed by atoms with van der Waals surface area (Å²) in [4.78, 5) is 11.5. The molecule has 2 aromatic rings. The first kappa shape index (κ1) is 12.2. The van der Waals surface area contributed by atoms with Crippen molar-refractivity contribution in [3.8, 4) is 0 Å². The fourth-order valence-corrected chi connectivity index (χ4v) is 1.59. The molecule has 2 rings (SSSR count). The lowest BCUT2D eigenvalue weighted by Crippen LogP contribution is -2.34. The van der Waals surface area contributed by atoms with Crippen LogP contribution in [0.1, 0.15) is 17.1 Å². The van der Waals surface area contributed by atoms with Crippen LogP contribution in [-0.2, 0) is 13.1 Å². The molecule has 0 atom stereocenters. The third kappa shape index (κ3) is 3.66. The lowest BCUT2D eigenvalue weighted by molar-refractivity contribution is 0.239. The Balaban J connectivity index is 1.73. The molecule has 1 aromatic heterocycles. The zero-order chi connectivity index (χ0) is 12.8. The van der Waals surface area contributed by atoms with E-state index < -0.39 is 0 Å². The molecule has 0 saturated heterocycles. The number of urea groups is 1. The lowest BCUT2D eigenvalue weighted by Gasteiger charge is -2.06. The molecule has 0 aliphatic carbocycles. The summed E-state index contributed by atoms with van der Waals surface area (Å²) >= 11 is 0. The van der Waals surface area contributed by atoms with Crippen LogP contribution in [0.5, 0.6) is 0 Å². The summed E-state index contributed by atoms with van der Waals surface area (Å²) in [7, 11) is 0. The van der Waals surface area contributed by atoms with Gasteiger partial charge in [-0.2, -0.15) is 0 Å². The number of rotatable bonds is 4. The molecule has 0 spiro atoms. The number of carbonyl (C=O) groups excluding carboxylic acids is 1. The third-order valence-electron chi connectivity index (χ3n) is 2.52. The molecular formula is C14H16N2O2. The second-order valence-corrected chi connectivity index (χ2v) is 4.03. The first-order valence-electron chi connectivity index (χ1n) is 5.85. The zero-order valence-corrected chi connectivity index (χ0v) is 10.3. The van der Waals surface area contributed by atoms with Crippen LogP contribution < -0.4 is 10.6 Å². The van der Waals surface area contributed by atoms with Crippen LogP contribution in [0.15, 0.2) is 46.9 Å². The first-order chi connectivity index (χ1) is 8.74. The molecule has 0 unspecified atom stereocenters. The van der Waals surface area contributed by atoms with Gasteiger partial charge >= 0.3 is 6.03 Å². The predicted molar refractivity (Wildman–Crippen MR) is 69.0 cm³/mol. The predicted octanol–water partition coefficient (Wildman–Crippen LogP) is 2.59. The highest BCUT2D eigenvalue weighted by Gasteiger charge is 2.02. The van der Waals surface area contributed by atoms with Gasteiger partial charge in [0, 0.05) is 6.54 Å². The average molecular weight is 244 g/mol. The molecule has 0 fully saturated rings. The lowest BCUT2D eigenvalue weighted by atomic mass is 10.2. The minimum atomic E-state index is -0.201. The molecular weight excluding hydrogens is 228 g/mol. The van der Waals surface area contributed by atoms with Crippen molar-refractivity contribution < 1.29 is 9.21 Å². The zero-order valence-electron chi connectivity index (χ0n) is 10.3. The van der Waals surface area contributed by atoms with Crippen LogP contribution in [0.4, 0.5) is 4.79 Å². The first-order valence-corrected chi connectivity index (χ1v) is 5.85. The van der Waals surface area contributed by atoms with Gasteiger partial charge in [0.05, 0.1) is 6.54 Å². The van der Waals surface area contributed by atoms with E-state index in [9.17, 15) is 4.79 Å². The molecule has 4 heteroatoms. The molecule has 1 aromatic carbocycles. The number of carbonyl (C=O) groups is 1. The quantitative estimate of drug-likeness (QED) is 0.868. The Kier molecular flexibility index (Phi) is 4.02. The van der Waals surface area contributed by atoms with E-state index in [0.29, 0.717) is 13.1 Å². The molecule has 2 N–H and O–H groups in total. The number of amides is 2. The minimum absolute atomic E-state index is 0.201. The van der Waals surface area contributed by atoms with Crippen LogP contribution in [0.3, 0.4) is 0 Å². The van der Waals surface area contributed by atoms with E-state index in [1.165, 1.54) is 0 Å². The maximum Gasteiger partial charge on any atom is 0.315 e. The van der Waals surface area contributed by atoms with Gasteiger partial charge in [-0.15, -0.1) is 0 Å². The molecule has 18 heavy (non-hydrogen) atoms. The van der Waals surface area contributed by atoms with Crippen molar-refractivity contribution in [2.24, 2.45) is 0 Å². The van der Waals surface area contributed by atoms with E-state index in [1.807, 2.05) is 49.4 Å².